The monoisotopic (exact) mass is 492 g/mol. The highest BCUT2D eigenvalue weighted by Gasteiger charge is 2.26. The predicted molar refractivity (Wildman–Crippen MR) is 135 cm³/mol. The zero-order chi connectivity index (χ0) is 25.2. The van der Waals surface area contributed by atoms with Gasteiger partial charge < -0.3 is 24.8 Å². The van der Waals surface area contributed by atoms with Gasteiger partial charge in [-0.05, 0) is 30.5 Å². The number of pyridine rings is 1. The summed E-state index contributed by atoms with van der Waals surface area (Å²) in [5, 5.41) is 13.2. The molecule has 0 bridgehead atoms. The van der Waals surface area contributed by atoms with E-state index in [0.717, 1.165) is 48.8 Å². The Morgan fingerprint density at radius 1 is 1.08 bits per heavy atom. The molecule has 190 valence electrons. The van der Waals surface area contributed by atoms with Gasteiger partial charge in [0.1, 0.15) is 17.2 Å². The van der Waals surface area contributed by atoms with Gasteiger partial charge in [0, 0.05) is 70.6 Å². The molecule has 2 fully saturated rings. The molecule has 0 aromatic carbocycles. The van der Waals surface area contributed by atoms with Crippen molar-refractivity contribution in [2.75, 3.05) is 45.6 Å². The molecule has 3 aromatic heterocycles. The van der Waals surface area contributed by atoms with Crippen molar-refractivity contribution in [2.24, 2.45) is 0 Å². The number of aromatic nitrogens is 4. The lowest BCUT2D eigenvalue weighted by atomic mass is 10.2. The number of nitrogens with one attached hydrogen (secondary N) is 1. The van der Waals surface area contributed by atoms with E-state index in [1.165, 1.54) is 4.90 Å². The standard InChI is InChI=1S/C25H32N8O3/c1-30(2)23(34)20-13-18-15-27-24(29-22(18)33(20)19-5-3-4-6-19)28-21-8-7-17(14-26-21)16-31-9-11-32(12-10-31)25(35)36/h7-8,13-15,19H,3-6,9-12,16H2,1-2H3,(H,35,36)(H,26,27,28,29). The van der Waals surface area contributed by atoms with E-state index in [2.05, 4.69) is 24.8 Å². The second-order valence-electron chi connectivity index (χ2n) is 9.73. The van der Waals surface area contributed by atoms with Crippen molar-refractivity contribution in [1.82, 2.24) is 34.2 Å². The van der Waals surface area contributed by atoms with E-state index in [9.17, 15) is 9.59 Å². The normalized spacial score (nSPS) is 17.0. The average Bonchev–Trinajstić information content (AvgIpc) is 3.52. The Kier molecular flexibility index (Phi) is 6.73. The fourth-order valence-corrected chi connectivity index (χ4v) is 5.06. The number of anilines is 2. The maximum absolute atomic E-state index is 12.9. The van der Waals surface area contributed by atoms with Crippen LogP contribution in [0.2, 0.25) is 0 Å². The third-order valence-corrected chi connectivity index (χ3v) is 7.00. The summed E-state index contributed by atoms with van der Waals surface area (Å²) in [6.07, 6.45) is 7.11. The molecule has 0 spiro atoms. The van der Waals surface area contributed by atoms with E-state index in [1.807, 2.05) is 24.4 Å². The maximum Gasteiger partial charge on any atom is 0.407 e. The van der Waals surface area contributed by atoms with Crippen LogP contribution in [-0.2, 0) is 6.54 Å². The molecule has 2 N–H and O–H groups in total. The Morgan fingerprint density at radius 2 is 1.83 bits per heavy atom. The van der Waals surface area contributed by atoms with Crippen LogP contribution in [0.25, 0.3) is 11.0 Å². The van der Waals surface area contributed by atoms with Crippen molar-refractivity contribution >= 4 is 34.8 Å². The molecule has 1 saturated heterocycles. The molecule has 1 aliphatic carbocycles. The smallest absolute Gasteiger partial charge is 0.407 e. The first-order valence-corrected chi connectivity index (χ1v) is 12.4. The van der Waals surface area contributed by atoms with Crippen LogP contribution in [0.3, 0.4) is 0 Å². The van der Waals surface area contributed by atoms with Crippen molar-refractivity contribution < 1.29 is 14.7 Å². The first kappa shape index (κ1) is 24.0. The zero-order valence-corrected chi connectivity index (χ0v) is 20.7. The lowest BCUT2D eigenvalue weighted by Gasteiger charge is -2.32. The lowest BCUT2D eigenvalue weighted by molar-refractivity contribution is 0.0815. The summed E-state index contributed by atoms with van der Waals surface area (Å²) in [4.78, 5) is 43.0. The molecular weight excluding hydrogens is 460 g/mol. The summed E-state index contributed by atoms with van der Waals surface area (Å²) in [6.45, 7) is 3.18. The van der Waals surface area contributed by atoms with Crippen molar-refractivity contribution in [3.05, 3.63) is 41.9 Å². The van der Waals surface area contributed by atoms with Crippen molar-refractivity contribution in [2.45, 2.75) is 38.3 Å². The van der Waals surface area contributed by atoms with Crippen molar-refractivity contribution in [3.63, 3.8) is 0 Å². The Morgan fingerprint density at radius 3 is 2.47 bits per heavy atom. The fourth-order valence-electron chi connectivity index (χ4n) is 5.06. The molecule has 5 rings (SSSR count). The molecule has 0 atom stereocenters. The number of carbonyl (C=O) groups is 2. The number of rotatable bonds is 6. The molecule has 1 aliphatic heterocycles. The van der Waals surface area contributed by atoms with Crippen LogP contribution in [0.1, 0.15) is 47.8 Å². The molecular formula is C25H32N8O3. The van der Waals surface area contributed by atoms with Gasteiger partial charge in [-0.3, -0.25) is 9.69 Å². The number of piperazine rings is 1. The highest BCUT2D eigenvalue weighted by Crippen LogP contribution is 2.34. The summed E-state index contributed by atoms with van der Waals surface area (Å²) in [6, 6.07) is 6.06. The number of hydrogen-bond acceptors (Lipinski definition) is 7. The molecule has 1 saturated carbocycles. The number of amides is 2. The number of fused-ring (bicyclic) bond motifs is 1. The lowest BCUT2D eigenvalue weighted by Crippen LogP contribution is -2.47. The summed E-state index contributed by atoms with van der Waals surface area (Å²) < 4.78 is 2.10. The second-order valence-corrected chi connectivity index (χ2v) is 9.73. The Balaban J connectivity index is 1.31. The molecule has 2 amide bonds. The highest BCUT2D eigenvalue weighted by molar-refractivity contribution is 5.97. The SMILES string of the molecule is CN(C)C(=O)c1cc2cnc(Nc3ccc(CN4CCN(C(=O)O)CC4)cn3)nc2n1C1CCCC1. The third-order valence-electron chi connectivity index (χ3n) is 7.00. The first-order chi connectivity index (χ1) is 17.4. The van der Waals surface area contributed by atoms with Crippen LogP contribution in [0, 0.1) is 0 Å². The van der Waals surface area contributed by atoms with E-state index >= 15 is 0 Å². The molecule has 0 radical (unpaired) electrons. The Hall–Kier alpha value is -3.73. The van der Waals surface area contributed by atoms with Gasteiger partial charge in [-0.25, -0.2) is 14.8 Å². The molecule has 36 heavy (non-hydrogen) atoms. The quantitative estimate of drug-likeness (QED) is 0.538. The summed E-state index contributed by atoms with van der Waals surface area (Å²) in [5.41, 5.74) is 2.48. The van der Waals surface area contributed by atoms with Gasteiger partial charge in [-0.15, -0.1) is 0 Å². The van der Waals surface area contributed by atoms with Crippen LogP contribution < -0.4 is 5.32 Å². The summed E-state index contributed by atoms with van der Waals surface area (Å²) >= 11 is 0. The number of nitrogens with zero attached hydrogens (tertiary/aromatic N) is 7. The van der Waals surface area contributed by atoms with Gasteiger partial charge in [0.25, 0.3) is 5.91 Å². The number of hydrogen-bond donors (Lipinski definition) is 2. The van der Waals surface area contributed by atoms with Gasteiger partial charge in [0.15, 0.2) is 0 Å². The minimum atomic E-state index is -0.858. The maximum atomic E-state index is 12.9. The molecule has 11 nitrogen and oxygen atoms in total. The van der Waals surface area contributed by atoms with E-state index in [0.29, 0.717) is 43.6 Å². The Labute approximate surface area is 209 Å². The van der Waals surface area contributed by atoms with Crippen molar-refractivity contribution in [3.8, 4) is 0 Å². The van der Waals surface area contributed by atoms with Crippen LogP contribution in [0.15, 0.2) is 30.6 Å². The molecule has 0 unspecified atom stereocenters. The third kappa shape index (κ3) is 4.97. The summed E-state index contributed by atoms with van der Waals surface area (Å²) in [7, 11) is 3.53. The number of carbonyl (C=O) groups excluding carboxylic acids is 1. The van der Waals surface area contributed by atoms with Gasteiger partial charge in [0.2, 0.25) is 5.95 Å². The van der Waals surface area contributed by atoms with Gasteiger partial charge >= 0.3 is 6.09 Å². The average molecular weight is 493 g/mol. The Bertz CT molecular complexity index is 1240. The molecule has 4 heterocycles. The van der Waals surface area contributed by atoms with Crippen LogP contribution in [0.4, 0.5) is 16.6 Å². The van der Waals surface area contributed by atoms with Crippen LogP contribution >= 0.6 is 0 Å². The van der Waals surface area contributed by atoms with Gasteiger partial charge in [0.05, 0.1) is 0 Å². The van der Waals surface area contributed by atoms with E-state index in [4.69, 9.17) is 10.1 Å². The molecule has 2 aliphatic rings. The second kappa shape index (κ2) is 10.1. The van der Waals surface area contributed by atoms with Gasteiger partial charge in [-0.2, -0.15) is 4.98 Å². The van der Waals surface area contributed by atoms with Crippen LogP contribution in [-0.4, -0.2) is 91.6 Å². The molecule has 11 heteroatoms. The molecule has 3 aromatic rings. The topological polar surface area (TPSA) is 120 Å². The van der Waals surface area contributed by atoms with E-state index in [1.54, 1.807) is 25.2 Å². The van der Waals surface area contributed by atoms with E-state index < -0.39 is 6.09 Å². The minimum absolute atomic E-state index is 0.0314. The first-order valence-electron chi connectivity index (χ1n) is 12.4. The highest BCUT2D eigenvalue weighted by atomic mass is 16.4. The van der Waals surface area contributed by atoms with E-state index in [-0.39, 0.29) is 11.9 Å². The minimum Gasteiger partial charge on any atom is -0.465 e. The van der Waals surface area contributed by atoms with Crippen LogP contribution in [0.5, 0.6) is 0 Å². The predicted octanol–water partition coefficient (Wildman–Crippen LogP) is 3.18. The fraction of sp³-hybridized carbons (Fsp3) is 0.480. The number of carboxylic acid groups (broad SMARTS) is 1. The zero-order valence-electron chi connectivity index (χ0n) is 20.7. The summed E-state index contributed by atoms with van der Waals surface area (Å²) in [5.74, 6) is 1.04. The largest absolute Gasteiger partial charge is 0.465 e. The van der Waals surface area contributed by atoms with Gasteiger partial charge in [-0.1, -0.05) is 18.9 Å². The van der Waals surface area contributed by atoms with Crippen molar-refractivity contribution in [1.29, 1.82) is 0 Å².